The Hall–Kier alpha value is -1.55. The molecule has 18 heavy (non-hydrogen) atoms. The number of ether oxygens (including phenoxy) is 1. The van der Waals surface area contributed by atoms with E-state index >= 15 is 0 Å². The van der Waals surface area contributed by atoms with Crippen LogP contribution in [0.1, 0.15) is 28.8 Å². The molecule has 0 spiro atoms. The van der Waals surface area contributed by atoms with Crippen molar-refractivity contribution in [2.45, 2.75) is 19.8 Å². The van der Waals surface area contributed by atoms with Crippen LogP contribution in [0.2, 0.25) is 0 Å². The minimum absolute atomic E-state index is 0.372. The fourth-order valence-electron chi connectivity index (χ4n) is 1.98. The minimum atomic E-state index is -0.873. The van der Waals surface area contributed by atoms with Gasteiger partial charge in [0.25, 0.3) is 0 Å². The number of hydrogen-bond acceptors (Lipinski definition) is 3. The van der Waals surface area contributed by atoms with Crippen molar-refractivity contribution in [3.63, 3.8) is 0 Å². The van der Waals surface area contributed by atoms with Crippen LogP contribution in [0.15, 0.2) is 18.2 Å². The number of carboxylic acids is 1. The molecule has 1 rings (SSSR count). The number of nitrogens with zero attached hydrogens (tertiary/aromatic N) is 1. The van der Waals surface area contributed by atoms with Crippen molar-refractivity contribution >= 4 is 11.7 Å². The van der Waals surface area contributed by atoms with Crippen LogP contribution in [0.5, 0.6) is 0 Å². The zero-order valence-electron chi connectivity index (χ0n) is 11.3. The number of anilines is 1. The van der Waals surface area contributed by atoms with Crippen LogP contribution in [0.25, 0.3) is 0 Å². The van der Waals surface area contributed by atoms with Gasteiger partial charge < -0.3 is 14.7 Å². The molecule has 0 aliphatic rings. The molecular formula is C14H21NO3. The van der Waals surface area contributed by atoms with Gasteiger partial charge in [0.15, 0.2) is 0 Å². The third kappa shape index (κ3) is 3.74. The Morgan fingerprint density at radius 1 is 1.39 bits per heavy atom. The van der Waals surface area contributed by atoms with Gasteiger partial charge in [-0.05, 0) is 37.5 Å². The zero-order valence-corrected chi connectivity index (χ0v) is 11.3. The quantitative estimate of drug-likeness (QED) is 0.757. The highest BCUT2D eigenvalue weighted by molar-refractivity contribution is 5.91. The highest BCUT2D eigenvalue weighted by Gasteiger charge is 2.12. The Labute approximate surface area is 108 Å². The Kier molecular flexibility index (Phi) is 5.65. The molecule has 0 radical (unpaired) electrons. The molecule has 0 fully saturated rings. The Morgan fingerprint density at radius 3 is 2.72 bits per heavy atom. The van der Waals surface area contributed by atoms with E-state index in [-0.39, 0.29) is 0 Å². The number of unbranched alkanes of at least 4 members (excludes halogenated alkanes) is 1. The molecule has 0 saturated heterocycles. The van der Waals surface area contributed by atoms with Gasteiger partial charge in [-0.1, -0.05) is 6.07 Å². The molecule has 0 atom stereocenters. The summed E-state index contributed by atoms with van der Waals surface area (Å²) in [6.07, 6.45) is 2.04. The third-order valence-electron chi connectivity index (χ3n) is 3.04. The van der Waals surface area contributed by atoms with E-state index in [0.717, 1.165) is 37.2 Å². The summed E-state index contributed by atoms with van der Waals surface area (Å²) in [6.45, 7) is 3.51. The summed E-state index contributed by atoms with van der Waals surface area (Å²) in [6, 6.07) is 5.38. The largest absolute Gasteiger partial charge is 0.478 e. The lowest BCUT2D eigenvalue weighted by molar-refractivity contribution is 0.0696. The first-order chi connectivity index (χ1) is 8.57. The zero-order chi connectivity index (χ0) is 13.5. The van der Waals surface area contributed by atoms with Gasteiger partial charge in [-0.3, -0.25) is 0 Å². The Morgan fingerprint density at radius 2 is 2.11 bits per heavy atom. The average molecular weight is 251 g/mol. The van der Waals surface area contributed by atoms with E-state index in [2.05, 4.69) is 4.90 Å². The molecule has 0 heterocycles. The predicted octanol–water partition coefficient (Wildman–Crippen LogP) is 2.56. The van der Waals surface area contributed by atoms with Crippen LogP contribution in [0, 0.1) is 6.92 Å². The summed E-state index contributed by atoms with van der Waals surface area (Å²) in [5, 5.41) is 9.08. The van der Waals surface area contributed by atoms with Crippen LogP contribution in [-0.2, 0) is 4.74 Å². The van der Waals surface area contributed by atoms with Gasteiger partial charge in [-0.25, -0.2) is 4.79 Å². The normalized spacial score (nSPS) is 10.4. The topological polar surface area (TPSA) is 49.8 Å². The fourth-order valence-corrected chi connectivity index (χ4v) is 1.98. The summed E-state index contributed by atoms with van der Waals surface area (Å²) >= 11 is 0. The van der Waals surface area contributed by atoms with Gasteiger partial charge in [0, 0.05) is 33.0 Å². The van der Waals surface area contributed by atoms with Gasteiger partial charge in [0.1, 0.15) is 0 Å². The average Bonchev–Trinajstić information content (AvgIpc) is 2.34. The van der Waals surface area contributed by atoms with E-state index in [1.165, 1.54) is 0 Å². The van der Waals surface area contributed by atoms with Gasteiger partial charge in [-0.2, -0.15) is 0 Å². The van der Waals surface area contributed by atoms with Crippen molar-refractivity contribution in [2.24, 2.45) is 0 Å². The number of rotatable bonds is 7. The van der Waals surface area contributed by atoms with Gasteiger partial charge in [-0.15, -0.1) is 0 Å². The van der Waals surface area contributed by atoms with E-state index in [0.29, 0.717) is 5.56 Å². The fraction of sp³-hybridized carbons (Fsp3) is 0.500. The number of carboxylic acid groups (broad SMARTS) is 1. The van der Waals surface area contributed by atoms with E-state index in [4.69, 9.17) is 9.84 Å². The summed E-state index contributed by atoms with van der Waals surface area (Å²) in [5.41, 5.74) is 2.17. The molecule has 1 aromatic rings. The second-order valence-corrected chi connectivity index (χ2v) is 4.38. The van der Waals surface area contributed by atoms with Crippen molar-refractivity contribution < 1.29 is 14.6 Å². The number of carbonyl (C=O) groups is 1. The summed E-state index contributed by atoms with van der Waals surface area (Å²) in [7, 11) is 3.69. The number of hydrogen-bond donors (Lipinski definition) is 1. The standard InChI is InChI=1S/C14H21NO3/c1-11-12(14(16)17)7-6-8-13(11)15(2)9-4-5-10-18-3/h6-8H,4-5,9-10H2,1-3H3,(H,16,17). The van der Waals surface area contributed by atoms with E-state index in [1.54, 1.807) is 19.2 Å². The SMILES string of the molecule is COCCCCN(C)c1cccc(C(=O)O)c1C. The van der Waals surface area contributed by atoms with Crippen LogP contribution < -0.4 is 4.90 Å². The number of benzene rings is 1. The van der Waals surface area contributed by atoms with Crippen LogP contribution in [0.3, 0.4) is 0 Å². The van der Waals surface area contributed by atoms with Crippen LogP contribution >= 0.6 is 0 Å². The lowest BCUT2D eigenvalue weighted by atomic mass is 10.1. The highest BCUT2D eigenvalue weighted by Crippen LogP contribution is 2.22. The molecule has 1 aromatic carbocycles. The molecule has 1 N–H and O–H groups in total. The first-order valence-corrected chi connectivity index (χ1v) is 6.11. The molecule has 4 nitrogen and oxygen atoms in total. The molecule has 0 aliphatic carbocycles. The Balaban J connectivity index is 2.70. The van der Waals surface area contributed by atoms with Crippen molar-refractivity contribution in [3.8, 4) is 0 Å². The van der Waals surface area contributed by atoms with Gasteiger partial charge in [0.05, 0.1) is 5.56 Å². The van der Waals surface area contributed by atoms with Crippen molar-refractivity contribution in [2.75, 3.05) is 32.2 Å². The molecule has 0 saturated carbocycles. The lowest BCUT2D eigenvalue weighted by Crippen LogP contribution is -2.20. The van der Waals surface area contributed by atoms with E-state index in [1.807, 2.05) is 20.0 Å². The maximum Gasteiger partial charge on any atom is 0.336 e. The minimum Gasteiger partial charge on any atom is -0.478 e. The first kappa shape index (κ1) is 14.5. The highest BCUT2D eigenvalue weighted by atomic mass is 16.5. The van der Waals surface area contributed by atoms with Crippen molar-refractivity contribution in [1.29, 1.82) is 0 Å². The first-order valence-electron chi connectivity index (χ1n) is 6.11. The maximum absolute atomic E-state index is 11.1. The third-order valence-corrected chi connectivity index (χ3v) is 3.04. The number of methoxy groups -OCH3 is 1. The molecule has 0 unspecified atom stereocenters. The summed E-state index contributed by atoms with van der Waals surface area (Å²) < 4.78 is 5.01. The summed E-state index contributed by atoms with van der Waals surface area (Å²) in [4.78, 5) is 13.2. The second-order valence-electron chi connectivity index (χ2n) is 4.38. The molecular weight excluding hydrogens is 230 g/mol. The molecule has 0 amide bonds. The number of aromatic carboxylic acids is 1. The monoisotopic (exact) mass is 251 g/mol. The second kappa shape index (κ2) is 7.01. The molecule has 4 heteroatoms. The van der Waals surface area contributed by atoms with Crippen molar-refractivity contribution in [3.05, 3.63) is 29.3 Å². The van der Waals surface area contributed by atoms with E-state index < -0.39 is 5.97 Å². The lowest BCUT2D eigenvalue weighted by Gasteiger charge is -2.22. The van der Waals surface area contributed by atoms with Gasteiger partial charge in [0.2, 0.25) is 0 Å². The molecule has 0 bridgehead atoms. The molecule has 0 aliphatic heterocycles. The van der Waals surface area contributed by atoms with E-state index in [9.17, 15) is 4.79 Å². The molecule has 0 aromatic heterocycles. The summed E-state index contributed by atoms with van der Waals surface area (Å²) in [5.74, 6) is -0.873. The van der Waals surface area contributed by atoms with Crippen LogP contribution in [-0.4, -0.2) is 38.4 Å². The smallest absolute Gasteiger partial charge is 0.336 e. The molecule has 100 valence electrons. The Bertz CT molecular complexity index is 404. The van der Waals surface area contributed by atoms with Crippen LogP contribution in [0.4, 0.5) is 5.69 Å². The predicted molar refractivity (Wildman–Crippen MR) is 72.5 cm³/mol. The van der Waals surface area contributed by atoms with Crippen molar-refractivity contribution in [1.82, 2.24) is 0 Å². The van der Waals surface area contributed by atoms with Gasteiger partial charge >= 0.3 is 5.97 Å². The maximum atomic E-state index is 11.1.